The van der Waals surface area contributed by atoms with Gasteiger partial charge in [-0.1, -0.05) is 12.1 Å². The number of nitrogens with zero attached hydrogens (tertiary/aromatic N) is 2. The average molecular weight is 409 g/mol. The molecule has 1 aromatic heterocycles. The molecule has 1 fully saturated rings. The first-order chi connectivity index (χ1) is 14.4. The fourth-order valence-electron chi connectivity index (χ4n) is 3.90. The van der Waals surface area contributed by atoms with Crippen molar-refractivity contribution in [1.82, 2.24) is 15.2 Å². The van der Waals surface area contributed by atoms with Crippen LogP contribution in [0.3, 0.4) is 0 Å². The normalized spacial score (nSPS) is 18.4. The highest BCUT2D eigenvalue weighted by Crippen LogP contribution is 2.28. The quantitative estimate of drug-likeness (QED) is 0.733. The molecule has 1 aromatic carbocycles. The van der Waals surface area contributed by atoms with Crippen molar-refractivity contribution in [2.24, 2.45) is 0 Å². The zero-order valence-corrected chi connectivity index (χ0v) is 16.2. The van der Waals surface area contributed by atoms with Crippen molar-refractivity contribution in [2.45, 2.75) is 44.7 Å². The molecule has 0 spiro atoms. The summed E-state index contributed by atoms with van der Waals surface area (Å²) < 4.78 is 13.2. The number of rotatable bonds is 6. The summed E-state index contributed by atoms with van der Waals surface area (Å²) >= 11 is 0. The molecule has 30 heavy (non-hydrogen) atoms. The van der Waals surface area contributed by atoms with Gasteiger partial charge in [-0.2, -0.15) is 0 Å². The van der Waals surface area contributed by atoms with Crippen molar-refractivity contribution < 1.29 is 23.6 Å². The minimum atomic E-state index is -0.647. The van der Waals surface area contributed by atoms with Crippen LogP contribution in [0.15, 0.2) is 36.5 Å². The molecule has 8 heteroatoms. The van der Waals surface area contributed by atoms with Crippen molar-refractivity contribution in [3.8, 4) is 0 Å². The van der Waals surface area contributed by atoms with E-state index in [0.29, 0.717) is 30.6 Å². The molecule has 2 aliphatic rings. The lowest BCUT2D eigenvalue weighted by Crippen LogP contribution is -2.52. The van der Waals surface area contributed by atoms with Gasteiger partial charge in [0, 0.05) is 37.6 Å². The third-order valence-electron chi connectivity index (χ3n) is 5.44. The Balaban J connectivity index is 1.38. The molecule has 7 nitrogen and oxygen atoms in total. The first-order valence-electron chi connectivity index (χ1n) is 9.79. The number of imide groups is 1. The average Bonchev–Trinajstić information content (AvgIpc) is 3.02. The Kier molecular flexibility index (Phi) is 5.39. The molecule has 0 aliphatic carbocycles. The Labute approximate surface area is 172 Å². The van der Waals surface area contributed by atoms with Gasteiger partial charge in [-0.3, -0.25) is 29.5 Å². The van der Waals surface area contributed by atoms with E-state index in [2.05, 4.69) is 10.3 Å². The van der Waals surface area contributed by atoms with Gasteiger partial charge in [0.1, 0.15) is 17.6 Å². The molecule has 154 valence electrons. The molecule has 0 radical (unpaired) electrons. The summed E-state index contributed by atoms with van der Waals surface area (Å²) in [6.07, 6.45) is 2.72. The standard InChI is InChI=1S/C22H20FN3O4/c23-15-7-8-24-16(10-15)11-17(27)3-1-13-2-4-18-14(9-13)12-26(22(18)30)19-5-6-20(28)25-21(19)29/h2,4,7-10,19H,1,3,5-6,11-12H2,(H,25,28,29). The molecule has 0 saturated carbocycles. The van der Waals surface area contributed by atoms with Crippen molar-refractivity contribution in [2.75, 3.05) is 0 Å². The molecule has 4 rings (SSSR count). The lowest BCUT2D eigenvalue weighted by molar-refractivity contribution is -0.137. The highest BCUT2D eigenvalue weighted by atomic mass is 19.1. The molecule has 1 N–H and O–H groups in total. The van der Waals surface area contributed by atoms with Crippen molar-refractivity contribution >= 4 is 23.5 Å². The van der Waals surface area contributed by atoms with E-state index in [1.807, 2.05) is 6.07 Å². The second kappa shape index (κ2) is 8.14. The van der Waals surface area contributed by atoms with E-state index in [4.69, 9.17) is 0 Å². The largest absolute Gasteiger partial charge is 0.322 e. The van der Waals surface area contributed by atoms with Crippen molar-refractivity contribution in [3.05, 3.63) is 64.7 Å². The Morgan fingerprint density at radius 2 is 2.03 bits per heavy atom. The van der Waals surface area contributed by atoms with E-state index >= 15 is 0 Å². The third-order valence-corrected chi connectivity index (χ3v) is 5.44. The van der Waals surface area contributed by atoms with Crippen LogP contribution < -0.4 is 5.32 Å². The first-order valence-corrected chi connectivity index (χ1v) is 9.79. The zero-order valence-electron chi connectivity index (χ0n) is 16.2. The second-order valence-electron chi connectivity index (χ2n) is 7.57. The fraction of sp³-hybridized carbons (Fsp3) is 0.318. The predicted molar refractivity (Wildman–Crippen MR) is 104 cm³/mol. The van der Waals surface area contributed by atoms with Crippen LogP contribution in [0.4, 0.5) is 4.39 Å². The Morgan fingerprint density at radius 3 is 2.80 bits per heavy atom. The number of fused-ring (bicyclic) bond motifs is 1. The number of benzene rings is 1. The van der Waals surface area contributed by atoms with Gasteiger partial charge in [0.05, 0.1) is 5.69 Å². The second-order valence-corrected chi connectivity index (χ2v) is 7.57. The molecule has 3 heterocycles. The number of piperidine rings is 1. The molecule has 2 aromatic rings. The summed E-state index contributed by atoms with van der Waals surface area (Å²) in [7, 11) is 0. The summed E-state index contributed by atoms with van der Waals surface area (Å²) in [5.41, 5.74) is 2.66. The van der Waals surface area contributed by atoms with Crippen LogP contribution in [-0.4, -0.2) is 39.4 Å². The van der Waals surface area contributed by atoms with Crippen LogP contribution in [0.25, 0.3) is 0 Å². The maximum absolute atomic E-state index is 13.2. The Bertz CT molecular complexity index is 1050. The van der Waals surface area contributed by atoms with Crippen LogP contribution in [0.5, 0.6) is 0 Å². The van der Waals surface area contributed by atoms with Gasteiger partial charge in [-0.25, -0.2) is 4.39 Å². The minimum Gasteiger partial charge on any atom is -0.322 e. The van der Waals surface area contributed by atoms with Crippen LogP contribution in [0.2, 0.25) is 0 Å². The minimum absolute atomic E-state index is 0.0464. The first kappa shape index (κ1) is 19.9. The SMILES string of the molecule is O=C(CCc1ccc2c(c1)CN(C1CCC(=O)NC1=O)C2=O)Cc1cc(F)ccn1. The molecular formula is C22H20FN3O4. The molecule has 0 bridgehead atoms. The number of aryl methyl sites for hydroxylation is 1. The smallest absolute Gasteiger partial charge is 0.255 e. The fourth-order valence-corrected chi connectivity index (χ4v) is 3.90. The van der Waals surface area contributed by atoms with E-state index in [1.54, 1.807) is 12.1 Å². The Morgan fingerprint density at radius 1 is 1.20 bits per heavy atom. The van der Waals surface area contributed by atoms with Crippen molar-refractivity contribution in [3.63, 3.8) is 0 Å². The van der Waals surface area contributed by atoms with Gasteiger partial charge < -0.3 is 4.90 Å². The van der Waals surface area contributed by atoms with E-state index in [-0.39, 0.29) is 36.9 Å². The summed E-state index contributed by atoms with van der Waals surface area (Å²) in [5.74, 6) is -1.45. The summed E-state index contributed by atoms with van der Waals surface area (Å²) in [5, 5.41) is 2.28. The number of aromatic nitrogens is 1. The number of amides is 3. The number of hydrogen-bond acceptors (Lipinski definition) is 5. The summed E-state index contributed by atoms with van der Waals surface area (Å²) in [4.78, 5) is 53.9. The number of carbonyl (C=O) groups is 4. The van der Waals surface area contributed by atoms with Crippen molar-refractivity contribution in [1.29, 1.82) is 0 Å². The van der Waals surface area contributed by atoms with E-state index in [9.17, 15) is 23.6 Å². The number of ketones is 1. The molecule has 1 unspecified atom stereocenters. The highest BCUT2D eigenvalue weighted by Gasteiger charge is 2.39. The van der Waals surface area contributed by atoms with Crippen LogP contribution in [0, 0.1) is 5.82 Å². The molecule has 1 saturated heterocycles. The maximum atomic E-state index is 13.2. The third kappa shape index (κ3) is 4.12. The summed E-state index contributed by atoms with van der Waals surface area (Å²) in [6, 6.07) is 7.25. The van der Waals surface area contributed by atoms with Gasteiger partial charge >= 0.3 is 0 Å². The van der Waals surface area contributed by atoms with Gasteiger partial charge in [0.15, 0.2) is 0 Å². The lowest BCUT2D eigenvalue weighted by Gasteiger charge is -2.29. The molecular weight excluding hydrogens is 389 g/mol. The van der Waals surface area contributed by atoms with E-state index in [1.165, 1.54) is 23.2 Å². The highest BCUT2D eigenvalue weighted by molar-refractivity contribution is 6.05. The van der Waals surface area contributed by atoms with Gasteiger partial charge in [-0.15, -0.1) is 0 Å². The van der Waals surface area contributed by atoms with Gasteiger partial charge in [-0.05, 0) is 42.2 Å². The number of nitrogens with one attached hydrogen (secondary N) is 1. The number of hydrogen-bond donors (Lipinski definition) is 1. The zero-order chi connectivity index (χ0) is 21.3. The van der Waals surface area contributed by atoms with Crippen LogP contribution in [-0.2, 0) is 33.8 Å². The number of Topliss-reactive ketones (excluding diaryl/α,β-unsaturated/α-hetero) is 1. The van der Waals surface area contributed by atoms with Gasteiger partial charge in [0.25, 0.3) is 5.91 Å². The number of carbonyl (C=O) groups excluding carboxylic acids is 4. The molecule has 1 atom stereocenters. The van der Waals surface area contributed by atoms with Crippen LogP contribution in [0.1, 0.15) is 46.4 Å². The van der Waals surface area contributed by atoms with E-state index in [0.717, 1.165) is 11.1 Å². The molecule has 2 aliphatic heterocycles. The summed E-state index contributed by atoms with van der Waals surface area (Å²) in [6.45, 7) is 0.301. The lowest BCUT2D eigenvalue weighted by atomic mass is 10.0. The van der Waals surface area contributed by atoms with E-state index < -0.39 is 17.8 Å². The monoisotopic (exact) mass is 409 g/mol. The Hall–Kier alpha value is -3.42. The maximum Gasteiger partial charge on any atom is 0.255 e. The molecule has 3 amide bonds. The van der Waals surface area contributed by atoms with Gasteiger partial charge in [0.2, 0.25) is 11.8 Å². The van der Waals surface area contributed by atoms with Crippen LogP contribution >= 0.6 is 0 Å². The number of halogens is 1. The predicted octanol–water partition coefficient (Wildman–Crippen LogP) is 1.73. The topological polar surface area (TPSA) is 96.4 Å². The number of pyridine rings is 1.